The summed E-state index contributed by atoms with van der Waals surface area (Å²) in [4.78, 5) is 11.6. The lowest BCUT2D eigenvalue weighted by Crippen LogP contribution is -2.14. The number of unbranched alkanes of at least 4 members (excludes halogenated alkanes) is 11. The molecule has 1 aromatic heterocycles. The average Bonchev–Trinajstić information content (AvgIpc) is 3.23. The maximum Gasteiger partial charge on any atom is 0.286 e. The second-order valence-electron chi connectivity index (χ2n) is 8.68. The molecule has 0 aliphatic rings. The number of amides is 1. The molecular weight excluding hydrogens is 438 g/mol. The molecule has 0 saturated carbocycles. The fraction of sp³-hybridized carbons (Fsp3) is 0.577. The second-order valence-corrected chi connectivity index (χ2v) is 10.6. The topological polar surface area (TPSA) is 99.6 Å². The maximum absolute atomic E-state index is 12.9. The average molecular weight is 478 g/mol. The number of ether oxygens (including phenoxy) is 1. The van der Waals surface area contributed by atoms with Gasteiger partial charge in [0.25, 0.3) is 11.9 Å². The molecule has 2 rings (SSSR count). The van der Waals surface area contributed by atoms with Crippen LogP contribution in [0.3, 0.4) is 0 Å². The van der Waals surface area contributed by atoms with Crippen LogP contribution in [0.4, 0.5) is 0 Å². The number of carbonyl (C=O) groups excluding carboxylic acids is 1. The Morgan fingerprint density at radius 1 is 0.879 bits per heavy atom. The highest BCUT2D eigenvalue weighted by Crippen LogP contribution is 2.31. The molecule has 7 heteroatoms. The minimum atomic E-state index is -3.94. The van der Waals surface area contributed by atoms with Crippen LogP contribution in [-0.2, 0) is 9.84 Å². The third-order valence-electron chi connectivity index (χ3n) is 5.76. The van der Waals surface area contributed by atoms with Gasteiger partial charge in [-0.3, -0.25) is 4.79 Å². The van der Waals surface area contributed by atoms with Crippen molar-refractivity contribution in [2.45, 2.75) is 101 Å². The number of rotatable bonds is 17. The zero-order valence-corrected chi connectivity index (χ0v) is 20.9. The number of hydrogen-bond donors (Lipinski definition) is 1. The van der Waals surface area contributed by atoms with Gasteiger partial charge in [0.2, 0.25) is 15.6 Å². The monoisotopic (exact) mass is 477 g/mol. The number of nitrogens with two attached hydrogens (primary N) is 1. The summed E-state index contributed by atoms with van der Waals surface area (Å²) in [5, 5.41) is 0. The summed E-state index contributed by atoms with van der Waals surface area (Å²) in [6.45, 7) is 4.50. The second kappa shape index (κ2) is 14.1. The van der Waals surface area contributed by atoms with Crippen LogP contribution >= 0.6 is 0 Å². The van der Waals surface area contributed by atoms with E-state index in [4.69, 9.17) is 14.9 Å². The molecule has 1 amide bonds. The van der Waals surface area contributed by atoms with Gasteiger partial charge in [-0.25, -0.2) is 8.42 Å². The van der Waals surface area contributed by atoms with Crippen LogP contribution in [0.2, 0.25) is 0 Å². The predicted octanol–water partition coefficient (Wildman–Crippen LogP) is 6.60. The van der Waals surface area contributed by atoms with Gasteiger partial charge in [0.15, 0.2) is 0 Å². The molecule has 0 radical (unpaired) electrons. The fourth-order valence-corrected chi connectivity index (χ4v) is 5.14. The number of hydrogen-bond acceptors (Lipinski definition) is 5. The molecule has 33 heavy (non-hydrogen) atoms. The van der Waals surface area contributed by atoms with Crippen molar-refractivity contribution in [3.8, 4) is 5.95 Å². The summed E-state index contributed by atoms with van der Waals surface area (Å²) >= 11 is 0. The highest BCUT2D eigenvalue weighted by atomic mass is 32.2. The van der Waals surface area contributed by atoms with Gasteiger partial charge in [-0.1, -0.05) is 95.2 Å². The van der Waals surface area contributed by atoms with Gasteiger partial charge >= 0.3 is 0 Å². The molecule has 0 aliphatic carbocycles. The van der Waals surface area contributed by atoms with E-state index >= 15 is 0 Å². The first-order valence-corrected chi connectivity index (χ1v) is 13.7. The number of carbonyl (C=O) groups is 1. The molecule has 1 heterocycles. The molecule has 0 unspecified atom stereocenters. The molecule has 0 spiro atoms. The normalized spacial score (nSPS) is 11.6. The van der Waals surface area contributed by atoms with Crippen LogP contribution in [0, 0.1) is 6.92 Å². The van der Waals surface area contributed by atoms with Crippen LogP contribution in [0.15, 0.2) is 44.5 Å². The van der Waals surface area contributed by atoms with Crippen LogP contribution in [0.5, 0.6) is 5.95 Å². The minimum Gasteiger partial charge on any atom is -0.465 e. The Morgan fingerprint density at radius 2 is 1.39 bits per heavy atom. The van der Waals surface area contributed by atoms with Crippen molar-refractivity contribution in [2.24, 2.45) is 5.73 Å². The first kappa shape index (κ1) is 27.0. The van der Waals surface area contributed by atoms with Crippen molar-refractivity contribution in [3.63, 3.8) is 0 Å². The van der Waals surface area contributed by atoms with Crippen LogP contribution in [-0.4, -0.2) is 20.9 Å². The molecule has 0 fully saturated rings. The highest BCUT2D eigenvalue weighted by molar-refractivity contribution is 7.91. The highest BCUT2D eigenvalue weighted by Gasteiger charge is 2.29. The number of primary amides is 1. The largest absolute Gasteiger partial charge is 0.465 e. The first-order valence-electron chi connectivity index (χ1n) is 12.2. The molecule has 0 saturated heterocycles. The van der Waals surface area contributed by atoms with E-state index in [1.807, 2.05) is 6.92 Å². The standard InChI is InChI=1S/C26H39NO5S/c1-3-4-5-6-7-8-9-10-11-12-13-14-19-31-24-20-23(25(32-24)26(27)28)33(29,30)22-17-15-21(2)16-18-22/h15-18,20H,3-14,19H2,1-2H3,(H2,27,28). The lowest BCUT2D eigenvalue weighted by Gasteiger charge is -2.04. The van der Waals surface area contributed by atoms with E-state index in [0.717, 1.165) is 24.8 Å². The Morgan fingerprint density at radius 3 is 1.91 bits per heavy atom. The van der Waals surface area contributed by atoms with E-state index in [1.54, 1.807) is 12.1 Å². The number of furan rings is 1. The maximum atomic E-state index is 12.9. The van der Waals surface area contributed by atoms with Crippen molar-refractivity contribution < 1.29 is 22.4 Å². The Balaban J connectivity index is 1.74. The zero-order chi connectivity index (χ0) is 24.1. The number of benzene rings is 1. The Kier molecular flexibility index (Phi) is 11.5. The van der Waals surface area contributed by atoms with E-state index in [2.05, 4.69) is 6.92 Å². The van der Waals surface area contributed by atoms with Crippen LogP contribution < -0.4 is 10.5 Å². The first-order chi connectivity index (χ1) is 15.9. The van der Waals surface area contributed by atoms with Gasteiger partial charge in [-0.15, -0.1) is 0 Å². The van der Waals surface area contributed by atoms with Gasteiger partial charge < -0.3 is 14.9 Å². The molecule has 6 nitrogen and oxygen atoms in total. The van der Waals surface area contributed by atoms with E-state index in [-0.39, 0.29) is 15.7 Å². The van der Waals surface area contributed by atoms with E-state index < -0.39 is 21.5 Å². The van der Waals surface area contributed by atoms with Crippen molar-refractivity contribution in [3.05, 3.63) is 41.7 Å². The molecule has 184 valence electrons. The molecular formula is C26H39NO5S. The van der Waals surface area contributed by atoms with E-state index in [9.17, 15) is 13.2 Å². The fourth-order valence-electron chi connectivity index (χ4n) is 3.76. The molecule has 0 aliphatic heterocycles. The van der Waals surface area contributed by atoms with E-state index in [0.29, 0.717) is 6.61 Å². The molecule has 2 N–H and O–H groups in total. The van der Waals surface area contributed by atoms with Gasteiger partial charge in [-0.05, 0) is 25.5 Å². The van der Waals surface area contributed by atoms with Crippen molar-refractivity contribution in [2.75, 3.05) is 6.61 Å². The van der Waals surface area contributed by atoms with Gasteiger partial charge in [0.05, 0.1) is 11.5 Å². The Hall–Kier alpha value is -2.28. The number of sulfone groups is 1. The molecule has 0 atom stereocenters. The summed E-state index contributed by atoms with van der Waals surface area (Å²) in [5.41, 5.74) is 6.28. The summed E-state index contributed by atoms with van der Waals surface area (Å²) in [5.74, 6) is -1.35. The minimum absolute atomic E-state index is 0.00226. The quantitative estimate of drug-likeness (QED) is 0.259. The van der Waals surface area contributed by atoms with Gasteiger partial charge in [0, 0.05) is 6.07 Å². The van der Waals surface area contributed by atoms with Crippen molar-refractivity contribution in [1.82, 2.24) is 0 Å². The Labute approximate surface area is 198 Å². The summed E-state index contributed by atoms with van der Waals surface area (Å²) in [6.07, 6.45) is 14.9. The van der Waals surface area contributed by atoms with E-state index in [1.165, 1.54) is 76.0 Å². The number of aryl methyl sites for hydroxylation is 1. The third-order valence-corrected chi connectivity index (χ3v) is 7.54. The smallest absolute Gasteiger partial charge is 0.286 e. The summed E-state index contributed by atoms with van der Waals surface area (Å²) in [6, 6.07) is 7.63. The lowest BCUT2D eigenvalue weighted by atomic mass is 10.1. The molecule has 2 aromatic rings. The Bertz CT molecular complexity index is 948. The third kappa shape index (κ3) is 8.88. The zero-order valence-electron chi connectivity index (χ0n) is 20.1. The molecule has 0 bridgehead atoms. The van der Waals surface area contributed by atoms with Crippen LogP contribution in [0.25, 0.3) is 0 Å². The lowest BCUT2D eigenvalue weighted by molar-refractivity contribution is 0.0960. The predicted molar refractivity (Wildman–Crippen MR) is 130 cm³/mol. The molecule has 1 aromatic carbocycles. The summed E-state index contributed by atoms with van der Waals surface area (Å²) < 4.78 is 36.8. The van der Waals surface area contributed by atoms with Gasteiger partial charge in [-0.2, -0.15) is 0 Å². The summed E-state index contributed by atoms with van der Waals surface area (Å²) in [7, 11) is -3.94. The van der Waals surface area contributed by atoms with Crippen LogP contribution in [0.1, 0.15) is 100 Å². The van der Waals surface area contributed by atoms with Crippen molar-refractivity contribution >= 4 is 15.7 Å². The SMILES string of the molecule is CCCCCCCCCCCCCCOc1cc(S(=O)(=O)c2ccc(C)cc2)c(C(N)=O)o1. The van der Waals surface area contributed by atoms with Crippen molar-refractivity contribution in [1.29, 1.82) is 0 Å². The van der Waals surface area contributed by atoms with Gasteiger partial charge in [0.1, 0.15) is 4.90 Å².